The number of sulfonamides is 1. The average molecular weight is 296 g/mol. The Bertz CT molecular complexity index is 525. The minimum Gasteiger partial charge on any atom is -0.326 e. The molecule has 0 spiro atoms. The van der Waals surface area contributed by atoms with E-state index in [1.54, 1.807) is 24.3 Å². The molecule has 0 radical (unpaired) electrons. The maximum atomic E-state index is 12.4. The van der Waals surface area contributed by atoms with Gasteiger partial charge in [0.1, 0.15) is 0 Å². The van der Waals surface area contributed by atoms with Gasteiger partial charge in [-0.3, -0.25) is 0 Å². The van der Waals surface area contributed by atoms with Crippen molar-refractivity contribution in [2.24, 2.45) is 11.7 Å². The molecular formula is C15H24N2O2S. The van der Waals surface area contributed by atoms with E-state index >= 15 is 0 Å². The molecule has 4 nitrogen and oxygen atoms in total. The fourth-order valence-corrected chi connectivity index (χ4v) is 4.12. The monoisotopic (exact) mass is 296 g/mol. The Hall–Kier alpha value is -0.910. The van der Waals surface area contributed by atoms with Gasteiger partial charge in [0, 0.05) is 12.6 Å². The highest BCUT2D eigenvalue weighted by Crippen LogP contribution is 2.24. The van der Waals surface area contributed by atoms with Crippen LogP contribution >= 0.6 is 0 Å². The van der Waals surface area contributed by atoms with Gasteiger partial charge in [-0.25, -0.2) is 13.1 Å². The van der Waals surface area contributed by atoms with Gasteiger partial charge in [-0.15, -0.1) is 0 Å². The van der Waals surface area contributed by atoms with Crippen LogP contribution in [-0.4, -0.2) is 14.5 Å². The van der Waals surface area contributed by atoms with Gasteiger partial charge in [0.15, 0.2) is 0 Å². The first-order valence-corrected chi connectivity index (χ1v) is 8.82. The molecule has 1 aromatic carbocycles. The normalized spacial score (nSPS) is 24.3. The summed E-state index contributed by atoms with van der Waals surface area (Å²) >= 11 is 0. The maximum Gasteiger partial charge on any atom is 0.240 e. The van der Waals surface area contributed by atoms with Crippen molar-refractivity contribution in [3.8, 4) is 0 Å². The van der Waals surface area contributed by atoms with Gasteiger partial charge in [0.05, 0.1) is 4.90 Å². The summed E-state index contributed by atoms with van der Waals surface area (Å²) in [5.74, 6) is 0.399. The van der Waals surface area contributed by atoms with E-state index < -0.39 is 10.0 Å². The summed E-state index contributed by atoms with van der Waals surface area (Å²) in [5.41, 5.74) is 6.47. The van der Waals surface area contributed by atoms with Crippen LogP contribution in [0.25, 0.3) is 0 Å². The fourth-order valence-electron chi connectivity index (χ4n) is 2.74. The molecule has 5 heteroatoms. The first kappa shape index (κ1) is 15.5. The molecule has 20 heavy (non-hydrogen) atoms. The Kier molecular flexibility index (Phi) is 5.18. The van der Waals surface area contributed by atoms with Crippen LogP contribution in [0, 0.1) is 5.92 Å². The molecule has 0 bridgehead atoms. The molecule has 1 saturated carbocycles. The summed E-state index contributed by atoms with van der Waals surface area (Å²) in [4.78, 5) is 0.325. The average Bonchev–Trinajstić information content (AvgIpc) is 2.64. The fraction of sp³-hybridized carbons (Fsp3) is 0.600. The molecule has 1 aliphatic rings. The molecule has 0 saturated heterocycles. The molecule has 0 amide bonds. The van der Waals surface area contributed by atoms with E-state index in [4.69, 9.17) is 5.73 Å². The van der Waals surface area contributed by atoms with E-state index in [2.05, 4.69) is 11.6 Å². The molecule has 1 fully saturated rings. The predicted molar refractivity (Wildman–Crippen MR) is 80.7 cm³/mol. The Morgan fingerprint density at radius 2 is 1.80 bits per heavy atom. The minimum absolute atomic E-state index is 0.0525. The Labute approximate surface area is 121 Å². The number of nitrogens with two attached hydrogens (primary N) is 1. The number of hydrogen-bond acceptors (Lipinski definition) is 3. The largest absolute Gasteiger partial charge is 0.326 e. The lowest BCUT2D eigenvalue weighted by Crippen LogP contribution is -2.38. The SMILES string of the molecule is CC1CCCCCC1NS(=O)(=O)c1ccc(CN)cc1. The van der Waals surface area contributed by atoms with Crippen LogP contribution in [-0.2, 0) is 16.6 Å². The number of nitrogens with one attached hydrogen (secondary N) is 1. The van der Waals surface area contributed by atoms with Crippen LogP contribution in [0.4, 0.5) is 0 Å². The van der Waals surface area contributed by atoms with E-state index in [1.807, 2.05) is 0 Å². The van der Waals surface area contributed by atoms with Crippen molar-refractivity contribution < 1.29 is 8.42 Å². The topological polar surface area (TPSA) is 72.2 Å². The summed E-state index contributed by atoms with van der Waals surface area (Å²) in [6.07, 6.45) is 5.53. The number of rotatable bonds is 4. The van der Waals surface area contributed by atoms with E-state index in [1.165, 1.54) is 12.8 Å². The van der Waals surface area contributed by atoms with Crippen LogP contribution in [0.3, 0.4) is 0 Å². The second kappa shape index (κ2) is 6.70. The molecular weight excluding hydrogens is 272 g/mol. The van der Waals surface area contributed by atoms with E-state index in [0.29, 0.717) is 17.4 Å². The number of benzene rings is 1. The summed E-state index contributed by atoms with van der Waals surface area (Å²) in [6, 6.07) is 6.85. The first-order valence-electron chi connectivity index (χ1n) is 7.34. The molecule has 2 atom stereocenters. The molecule has 2 unspecified atom stereocenters. The third-order valence-electron chi connectivity index (χ3n) is 4.14. The van der Waals surface area contributed by atoms with Gasteiger partial charge in [-0.1, -0.05) is 38.3 Å². The van der Waals surface area contributed by atoms with Crippen LogP contribution in [0.15, 0.2) is 29.2 Å². The van der Waals surface area contributed by atoms with Crippen molar-refractivity contribution in [2.45, 2.75) is 56.5 Å². The third-order valence-corrected chi connectivity index (χ3v) is 5.64. The van der Waals surface area contributed by atoms with Crippen LogP contribution in [0.2, 0.25) is 0 Å². The summed E-state index contributed by atoms with van der Waals surface area (Å²) < 4.78 is 27.7. The van der Waals surface area contributed by atoms with Crippen LogP contribution in [0.5, 0.6) is 0 Å². The molecule has 1 aromatic rings. The smallest absolute Gasteiger partial charge is 0.240 e. The highest BCUT2D eigenvalue weighted by Gasteiger charge is 2.25. The predicted octanol–water partition coefficient (Wildman–Crippen LogP) is 2.39. The van der Waals surface area contributed by atoms with E-state index in [9.17, 15) is 8.42 Å². The second-order valence-electron chi connectivity index (χ2n) is 5.69. The van der Waals surface area contributed by atoms with Gasteiger partial charge in [0.2, 0.25) is 10.0 Å². The van der Waals surface area contributed by atoms with E-state index in [-0.39, 0.29) is 6.04 Å². The second-order valence-corrected chi connectivity index (χ2v) is 7.41. The van der Waals surface area contributed by atoms with Crippen molar-refractivity contribution in [3.05, 3.63) is 29.8 Å². The van der Waals surface area contributed by atoms with Crippen molar-refractivity contribution in [3.63, 3.8) is 0 Å². The lowest BCUT2D eigenvalue weighted by atomic mass is 9.98. The minimum atomic E-state index is -3.42. The van der Waals surface area contributed by atoms with Gasteiger partial charge >= 0.3 is 0 Å². The zero-order valence-electron chi connectivity index (χ0n) is 12.0. The van der Waals surface area contributed by atoms with Crippen molar-refractivity contribution in [2.75, 3.05) is 0 Å². The maximum absolute atomic E-state index is 12.4. The summed E-state index contributed by atoms with van der Waals surface area (Å²) in [5, 5.41) is 0. The Morgan fingerprint density at radius 1 is 1.15 bits per heavy atom. The quantitative estimate of drug-likeness (QED) is 0.838. The van der Waals surface area contributed by atoms with Gasteiger partial charge in [0.25, 0.3) is 0 Å². The van der Waals surface area contributed by atoms with Crippen molar-refractivity contribution >= 4 is 10.0 Å². The van der Waals surface area contributed by atoms with E-state index in [0.717, 1.165) is 24.8 Å². The van der Waals surface area contributed by atoms with Gasteiger partial charge in [-0.2, -0.15) is 0 Å². The lowest BCUT2D eigenvalue weighted by Gasteiger charge is -2.22. The Morgan fingerprint density at radius 3 is 2.45 bits per heavy atom. The van der Waals surface area contributed by atoms with Crippen LogP contribution < -0.4 is 10.5 Å². The summed E-state index contributed by atoms with van der Waals surface area (Å²) in [6.45, 7) is 2.56. The summed E-state index contributed by atoms with van der Waals surface area (Å²) in [7, 11) is -3.42. The van der Waals surface area contributed by atoms with Crippen molar-refractivity contribution in [1.82, 2.24) is 4.72 Å². The standard InChI is InChI=1S/C15H24N2O2S/c1-12-5-3-2-4-6-15(12)17-20(18,19)14-9-7-13(11-16)8-10-14/h7-10,12,15,17H,2-6,11,16H2,1H3. The third kappa shape index (κ3) is 3.81. The molecule has 0 aromatic heterocycles. The van der Waals surface area contributed by atoms with Crippen molar-refractivity contribution in [1.29, 1.82) is 0 Å². The van der Waals surface area contributed by atoms with Gasteiger partial charge < -0.3 is 5.73 Å². The van der Waals surface area contributed by atoms with Crippen LogP contribution in [0.1, 0.15) is 44.6 Å². The molecule has 2 rings (SSSR count). The molecule has 112 valence electrons. The molecule has 0 heterocycles. The molecule has 1 aliphatic carbocycles. The lowest BCUT2D eigenvalue weighted by molar-refractivity contribution is 0.399. The Balaban J connectivity index is 2.12. The highest BCUT2D eigenvalue weighted by molar-refractivity contribution is 7.89. The molecule has 3 N–H and O–H groups in total. The van der Waals surface area contributed by atoms with Gasteiger partial charge in [-0.05, 0) is 36.5 Å². The number of hydrogen-bond donors (Lipinski definition) is 2. The molecule has 0 aliphatic heterocycles. The zero-order chi connectivity index (χ0) is 14.6. The zero-order valence-corrected chi connectivity index (χ0v) is 12.8. The highest BCUT2D eigenvalue weighted by atomic mass is 32.2. The first-order chi connectivity index (χ1) is 9.53.